The number of nitrogens with two attached hydrogens (primary N) is 1. The van der Waals surface area contributed by atoms with Crippen LogP contribution in [0, 0.1) is 0 Å². The van der Waals surface area contributed by atoms with Gasteiger partial charge in [0, 0.05) is 0 Å². The molecule has 0 spiro atoms. The molecule has 2 aromatic rings. The molecule has 66 valence electrons. The molecule has 2 N–H and O–H groups in total. The van der Waals surface area contributed by atoms with E-state index in [1.54, 1.807) is 24.3 Å². The number of halogens is 1. The van der Waals surface area contributed by atoms with Gasteiger partial charge in [-0.25, -0.2) is 0 Å². The maximum Gasteiger partial charge on any atom is 0.213 e. The summed E-state index contributed by atoms with van der Waals surface area (Å²) in [6.45, 7) is 0. The van der Waals surface area contributed by atoms with E-state index in [0.717, 1.165) is 0 Å². The minimum atomic E-state index is -0.291. The van der Waals surface area contributed by atoms with Gasteiger partial charge in [-0.2, -0.15) is 0 Å². The van der Waals surface area contributed by atoms with Gasteiger partial charge in [0.25, 0.3) is 0 Å². The minimum absolute atomic E-state index is 0.0367. The molecule has 0 saturated carbocycles. The Hall–Kier alpha value is -1.48. The first-order chi connectivity index (χ1) is 6.20. The molecule has 0 atom stereocenters. The summed E-state index contributed by atoms with van der Waals surface area (Å²) < 4.78 is 5.12. The zero-order valence-corrected chi connectivity index (χ0v) is 7.34. The van der Waals surface area contributed by atoms with E-state index in [2.05, 4.69) is 0 Å². The zero-order chi connectivity index (χ0) is 9.42. The second-order valence-electron chi connectivity index (χ2n) is 2.61. The number of benzene rings is 1. The van der Waals surface area contributed by atoms with Crippen LogP contribution in [0.5, 0.6) is 0 Å². The molecule has 4 heteroatoms. The van der Waals surface area contributed by atoms with Crippen LogP contribution in [0.15, 0.2) is 33.5 Å². The molecule has 2 rings (SSSR count). The van der Waals surface area contributed by atoms with Crippen LogP contribution in [0.4, 0.5) is 5.88 Å². The first-order valence-corrected chi connectivity index (χ1v) is 4.05. The Morgan fingerprint density at radius 2 is 2.00 bits per heavy atom. The second-order valence-corrected chi connectivity index (χ2v) is 2.98. The van der Waals surface area contributed by atoms with Crippen molar-refractivity contribution >= 4 is 28.5 Å². The smallest absolute Gasteiger partial charge is 0.213 e. The summed E-state index contributed by atoms with van der Waals surface area (Å²) in [4.78, 5) is 11.5. The predicted octanol–water partition coefficient (Wildman–Crippen LogP) is 2.03. The molecule has 0 amide bonds. The maximum atomic E-state index is 11.5. The average molecular weight is 196 g/mol. The Bertz CT molecular complexity index is 518. The Morgan fingerprint density at radius 1 is 1.31 bits per heavy atom. The van der Waals surface area contributed by atoms with Crippen LogP contribution in [0.1, 0.15) is 0 Å². The molecule has 0 saturated heterocycles. The van der Waals surface area contributed by atoms with Crippen LogP contribution in [0.25, 0.3) is 11.0 Å². The van der Waals surface area contributed by atoms with Crippen LogP contribution in [-0.2, 0) is 0 Å². The number of hydrogen-bond acceptors (Lipinski definition) is 3. The number of para-hydroxylation sites is 1. The molecule has 0 fully saturated rings. The molecule has 13 heavy (non-hydrogen) atoms. The highest BCUT2D eigenvalue weighted by Gasteiger charge is 2.08. The van der Waals surface area contributed by atoms with Crippen LogP contribution >= 0.6 is 11.6 Å². The first kappa shape index (κ1) is 8.13. The lowest BCUT2D eigenvalue weighted by molar-refractivity contribution is 0.625. The third kappa shape index (κ3) is 1.17. The molecular weight excluding hydrogens is 190 g/mol. The van der Waals surface area contributed by atoms with Gasteiger partial charge >= 0.3 is 0 Å². The summed E-state index contributed by atoms with van der Waals surface area (Å²) in [6.07, 6.45) is 0. The number of anilines is 1. The number of rotatable bonds is 0. The minimum Gasteiger partial charge on any atom is -0.439 e. The van der Waals surface area contributed by atoms with Crippen molar-refractivity contribution in [1.29, 1.82) is 0 Å². The Morgan fingerprint density at radius 3 is 2.77 bits per heavy atom. The van der Waals surface area contributed by atoms with E-state index in [1.807, 2.05) is 0 Å². The quantitative estimate of drug-likeness (QED) is 0.700. The molecule has 0 bridgehead atoms. The summed E-state index contributed by atoms with van der Waals surface area (Å²) in [7, 11) is 0. The highest BCUT2D eigenvalue weighted by Crippen LogP contribution is 2.19. The van der Waals surface area contributed by atoms with Crippen LogP contribution in [-0.4, -0.2) is 0 Å². The molecule has 3 nitrogen and oxygen atoms in total. The van der Waals surface area contributed by atoms with E-state index < -0.39 is 0 Å². The lowest BCUT2D eigenvalue weighted by Crippen LogP contribution is -2.04. The molecule has 1 aromatic carbocycles. The number of fused-ring (bicyclic) bond motifs is 1. The van der Waals surface area contributed by atoms with Gasteiger partial charge in [-0.15, -0.1) is 0 Å². The molecule has 0 unspecified atom stereocenters. The van der Waals surface area contributed by atoms with Crippen molar-refractivity contribution in [2.24, 2.45) is 0 Å². The van der Waals surface area contributed by atoms with Gasteiger partial charge in [0.1, 0.15) is 10.6 Å². The monoisotopic (exact) mass is 195 g/mol. The summed E-state index contributed by atoms with van der Waals surface area (Å²) >= 11 is 5.63. The van der Waals surface area contributed by atoms with Crippen molar-refractivity contribution in [3.8, 4) is 0 Å². The molecule has 0 aliphatic heterocycles. The lowest BCUT2D eigenvalue weighted by Gasteiger charge is -1.99. The predicted molar refractivity (Wildman–Crippen MR) is 51.9 cm³/mol. The van der Waals surface area contributed by atoms with E-state index in [0.29, 0.717) is 11.0 Å². The topological polar surface area (TPSA) is 56.2 Å². The van der Waals surface area contributed by atoms with Gasteiger partial charge < -0.3 is 10.2 Å². The van der Waals surface area contributed by atoms with Gasteiger partial charge in [0.05, 0.1) is 5.39 Å². The summed E-state index contributed by atoms with van der Waals surface area (Å²) in [6, 6.07) is 6.82. The molecular formula is C9H6ClNO2. The molecule has 1 aromatic heterocycles. The largest absolute Gasteiger partial charge is 0.439 e. The van der Waals surface area contributed by atoms with Crippen molar-refractivity contribution in [1.82, 2.24) is 0 Å². The van der Waals surface area contributed by atoms with Crippen LogP contribution < -0.4 is 11.2 Å². The van der Waals surface area contributed by atoms with Gasteiger partial charge in [0.15, 0.2) is 0 Å². The summed E-state index contributed by atoms with van der Waals surface area (Å²) in [5, 5.41) is 0.389. The zero-order valence-electron chi connectivity index (χ0n) is 6.58. The highest BCUT2D eigenvalue weighted by atomic mass is 35.5. The van der Waals surface area contributed by atoms with Gasteiger partial charge in [-0.1, -0.05) is 23.7 Å². The van der Waals surface area contributed by atoms with Crippen molar-refractivity contribution in [3.63, 3.8) is 0 Å². The van der Waals surface area contributed by atoms with Crippen LogP contribution in [0.2, 0.25) is 5.02 Å². The van der Waals surface area contributed by atoms with Crippen molar-refractivity contribution < 1.29 is 4.42 Å². The van der Waals surface area contributed by atoms with E-state index in [1.165, 1.54) is 0 Å². The Labute approximate surface area is 78.7 Å². The normalized spacial score (nSPS) is 10.5. The third-order valence-corrected chi connectivity index (χ3v) is 2.13. The van der Waals surface area contributed by atoms with Crippen molar-refractivity contribution in [3.05, 3.63) is 39.5 Å². The average Bonchev–Trinajstić information content (AvgIpc) is 2.15. The SMILES string of the molecule is Nc1oc2ccccc2c(=O)c1Cl. The lowest BCUT2D eigenvalue weighted by atomic mass is 10.2. The highest BCUT2D eigenvalue weighted by molar-refractivity contribution is 6.33. The second kappa shape index (κ2) is 2.78. The van der Waals surface area contributed by atoms with Gasteiger partial charge in [-0.3, -0.25) is 4.79 Å². The maximum absolute atomic E-state index is 11.5. The molecule has 0 radical (unpaired) electrons. The fourth-order valence-electron chi connectivity index (χ4n) is 1.14. The summed E-state index contributed by atoms with van der Waals surface area (Å²) in [5.41, 5.74) is 5.55. The van der Waals surface area contributed by atoms with Gasteiger partial charge in [0.2, 0.25) is 11.3 Å². The molecule has 0 aliphatic rings. The molecule has 1 heterocycles. The van der Waals surface area contributed by atoms with Crippen molar-refractivity contribution in [2.45, 2.75) is 0 Å². The van der Waals surface area contributed by atoms with Gasteiger partial charge in [-0.05, 0) is 12.1 Å². The number of hydrogen-bond donors (Lipinski definition) is 1. The van der Waals surface area contributed by atoms with Crippen LogP contribution in [0.3, 0.4) is 0 Å². The fourth-order valence-corrected chi connectivity index (χ4v) is 1.28. The number of nitrogen functional groups attached to an aromatic ring is 1. The summed E-state index contributed by atoms with van der Waals surface area (Å²) in [5.74, 6) is -0.0367. The van der Waals surface area contributed by atoms with E-state index >= 15 is 0 Å². The third-order valence-electron chi connectivity index (χ3n) is 1.77. The van der Waals surface area contributed by atoms with E-state index in [9.17, 15) is 4.79 Å². The first-order valence-electron chi connectivity index (χ1n) is 3.67. The fraction of sp³-hybridized carbons (Fsp3) is 0. The standard InChI is InChI=1S/C9H6ClNO2/c10-7-8(12)5-3-1-2-4-6(5)13-9(7)11/h1-4H,11H2. The Balaban J connectivity index is 3.03. The van der Waals surface area contributed by atoms with E-state index in [4.69, 9.17) is 21.8 Å². The van der Waals surface area contributed by atoms with E-state index in [-0.39, 0.29) is 16.3 Å². The Kier molecular flexibility index (Phi) is 1.74. The van der Waals surface area contributed by atoms with Crippen molar-refractivity contribution in [2.75, 3.05) is 5.73 Å². The molecule has 0 aliphatic carbocycles.